The van der Waals surface area contributed by atoms with E-state index in [4.69, 9.17) is 9.15 Å². The smallest absolute Gasteiger partial charge is 0.410 e. The number of furan rings is 1. The van der Waals surface area contributed by atoms with Gasteiger partial charge in [0.15, 0.2) is 0 Å². The number of β-amino-alcohol motifs (C(OH)–C–C–N with tert-alkyl or cyclic N) is 1. The molecule has 0 saturated carbocycles. The number of hydrogen-bond acceptors (Lipinski definition) is 5. The van der Waals surface area contributed by atoms with Crippen molar-refractivity contribution in [2.45, 2.75) is 32.5 Å². The molecule has 2 rings (SSSR count). The number of rotatable bonds is 3. The molecular weight excluding hydrogens is 272 g/mol. The zero-order valence-electron chi connectivity index (χ0n) is 12.9. The monoisotopic (exact) mass is 296 g/mol. The van der Waals surface area contributed by atoms with Crippen molar-refractivity contribution < 1.29 is 19.1 Å². The van der Waals surface area contributed by atoms with Gasteiger partial charge in [-0.05, 0) is 32.9 Å². The Labute approximate surface area is 125 Å². The highest BCUT2D eigenvalue weighted by molar-refractivity contribution is 5.68. The summed E-state index contributed by atoms with van der Waals surface area (Å²) in [7, 11) is 0. The Morgan fingerprint density at radius 3 is 2.57 bits per heavy atom. The van der Waals surface area contributed by atoms with Gasteiger partial charge in [0.1, 0.15) is 17.5 Å². The molecule has 1 aliphatic heterocycles. The standard InChI is InChI=1S/C15H24N2O4/c1-15(2,3)21-14(19)17-8-6-16(7-9-17)11-12(18)13-5-4-10-20-13/h4-5,10,12,18H,6-9,11H2,1-3H3. The van der Waals surface area contributed by atoms with Gasteiger partial charge < -0.3 is 19.2 Å². The normalized spacial score (nSPS) is 18.6. The maximum Gasteiger partial charge on any atom is 0.410 e. The van der Waals surface area contributed by atoms with E-state index in [1.165, 1.54) is 0 Å². The first-order chi connectivity index (χ1) is 9.85. The summed E-state index contributed by atoms with van der Waals surface area (Å²) in [5.74, 6) is 0.574. The molecule has 1 aliphatic rings. The number of carbonyl (C=O) groups excluding carboxylic acids is 1. The van der Waals surface area contributed by atoms with Crippen molar-refractivity contribution in [3.05, 3.63) is 24.2 Å². The van der Waals surface area contributed by atoms with Crippen molar-refractivity contribution in [1.82, 2.24) is 9.80 Å². The second-order valence-corrected chi connectivity index (χ2v) is 6.30. The molecule has 6 heteroatoms. The number of piperazine rings is 1. The molecule has 1 amide bonds. The second-order valence-electron chi connectivity index (χ2n) is 6.30. The van der Waals surface area contributed by atoms with Gasteiger partial charge >= 0.3 is 6.09 Å². The Bertz CT molecular complexity index is 445. The highest BCUT2D eigenvalue weighted by Crippen LogP contribution is 2.16. The molecule has 1 aromatic heterocycles. The molecule has 1 aromatic rings. The van der Waals surface area contributed by atoms with E-state index in [0.29, 0.717) is 25.4 Å². The van der Waals surface area contributed by atoms with E-state index in [1.807, 2.05) is 20.8 Å². The number of ether oxygens (including phenoxy) is 1. The van der Waals surface area contributed by atoms with Crippen LogP contribution in [0.2, 0.25) is 0 Å². The van der Waals surface area contributed by atoms with Gasteiger partial charge in [-0.2, -0.15) is 0 Å². The Morgan fingerprint density at radius 2 is 2.05 bits per heavy atom. The third kappa shape index (κ3) is 4.75. The summed E-state index contributed by atoms with van der Waals surface area (Å²) in [6.45, 7) is 8.76. The van der Waals surface area contributed by atoms with Crippen LogP contribution in [-0.4, -0.2) is 59.3 Å². The molecule has 1 unspecified atom stereocenters. The van der Waals surface area contributed by atoms with E-state index in [2.05, 4.69) is 4.90 Å². The largest absolute Gasteiger partial charge is 0.467 e. The van der Waals surface area contributed by atoms with Gasteiger partial charge in [-0.15, -0.1) is 0 Å². The molecule has 6 nitrogen and oxygen atoms in total. The minimum Gasteiger partial charge on any atom is -0.467 e. The van der Waals surface area contributed by atoms with Gasteiger partial charge in [-0.1, -0.05) is 0 Å². The molecule has 1 saturated heterocycles. The summed E-state index contributed by atoms with van der Waals surface area (Å²) in [5, 5.41) is 10.0. The third-order valence-electron chi connectivity index (χ3n) is 3.33. The number of aliphatic hydroxyl groups excluding tert-OH is 1. The van der Waals surface area contributed by atoms with Crippen LogP contribution >= 0.6 is 0 Å². The Kier molecular flexibility index (Phi) is 4.90. The molecular formula is C15H24N2O4. The molecule has 1 N–H and O–H groups in total. The van der Waals surface area contributed by atoms with E-state index < -0.39 is 11.7 Å². The van der Waals surface area contributed by atoms with E-state index >= 15 is 0 Å². The minimum absolute atomic E-state index is 0.270. The van der Waals surface area contributed by atoms with Gasteiger partial charge in [-0.25, -0.2) is 4.79 Å². The second kappa shape index (κ2) is 6.49. The minimum atomic E-state index is -0.631. The first-order valence-corrected chi connectivity index (χ1v) is 7.27. The fraction of sp³-hybridized carbons (Fsp3) is 0.667. The Balaban J connectivity index is 1.77. The number of nitrogens with zero attached hydrogens (tertiary/aromatic N) is 2. The van der Waals surface area contributed by atoms with Crippen molar-refractivity contribution >= 4 is 6.09 Å². The summed E-state index contributed by atoms with van der Waals surface area (Å²) in [6.07, 6.45) is 0.653. The lowest BCUT2D eigenvalue weighted by molar-refractivity contribution is 0.00891. The summed E-state index contributed by atoms with van der Waals surface area (Å²) in [5.41, 5.74) is -0.469. The van der Waals surface area contributed by atoms with Crippen LogP contribution in [0.4, 0.5) is 4.79 Å². The van der Waals surface area contributed by atoms with Gasteiger partial charge in [-0.3, -0.25) is 4.90 Å². The Morgan fingerprint density at radius 1 is 1.38 bits per heavy atom. The summed E-state index contributed by atoms with van der Waals surface area (Å²) < 4.78 is 10.5. The van der Waals surface area contributed by atoms with Crippen LogP contribution in [0.25, 0.3) is 0 Å². The van der Waals surface area contributed by atoms with Crippen molar-refractivity contribution in [1.29, 1.82) is 0 Å². The van der Waals surface area contributed by atoms with Gasteiger partial charge in [0.25, 0.3) is 0 Å². The lowest BCUT2D eigenvalue weighted by Gasteiger charge is -2.36. The molecule has 0 spiro atoms. The highest BCUT2D eigenvalue weighted by Gasteiger charge is 2.27. The van der Waals surface area contributed by atoms with Crippen molar-refractivity contribution in [3.63, 3.8) is 0 Å². The molecule has 0 aromatic carbocycles. The highest BCUT2D eigenvalue weighted by atomic mass is 16.6. The molecule has 0 aliphatic carbocycles. The number of hydrogen-bond donors (Lipinski definition) is 1. The first-order valence-electron chi connectivity index (χ1n) is 7.27. The SMILES string of the molecule is CC(C)(C)OC(=O)N1CCN(CC(O)c2ccco2)CC1. The molecule has 1 fully saturated rings. The van der Waals surface area contributed by atoms with Gasteiger partial charge in [0.05, 0.1) is 6.26 Å². The van der Waals surface area contributed by atoms with Gasteiger partial charge in [0, 0.05) is 32.7 Å². The van der Waals surface area contributed by atoms with Crippen LogP contribution < -0.4 is 0 Å². The van der Waals surface area contributed by atoms with E-state index in [-0.39, 0.29) is 6.09 Å². The molecule has 21 heavy (non-hydrogen) atoms. The Hall–Kier alpha value is -1.53. The molecule has 0 radical (unpaired) electrons. The fourth-order valence-corrected chi connectivity index (χ4v) is 2.25. The van der Waals surface area contributed by atoms with Crippen LogP contribution in [0.3, 0.4) is 0 Å². The summed E-state index contributed by atoms with van der Waals surface area (Å²) in [6, 6.07) is 3.53. The summed E-state index contributed by atoms with van der Waals surface area (Å²) >= 11 is 0. The zero-order valence-corrected chi connectivity index (χ0v) is 12.9. The molecule has 2 heterocycles. The lowest BCUT2D eigenvalue weighted by Crippen LogP contribution is -2.50. The molecule has 1 atom stereocenters. The van der Waals surface area contributed by atoms with Crippen LogP contribution in [0.1, 0.15) is 32.6 Å². The maximum absolute atomic E-state index is 12.0. The molecule has 0 bridgehead atoms. The van der Waals surface area contributed by atoms with Crippen molar-refractivity contribution in [3.8, 4) is 0 Å². The average molecular weight is 296 g/mol. The number of amides is 1. The lowest BCUT2D eigenvalue weighted by atomic mass is 10.2. The van der Waals surface area contributed by atoms with Crippen LogP contribution in [0.5, 0.6) is 0 Å². The van der Waals surface area contributed by atoms with Crippen LogP contribution in [0, 0.1) is 0 Å². The van der Waals surface area contributed by atoms with E-state index in [0.717, 1.165) is 13.1 Å². The van der Waals surface area contributed by atoms with E-state index in [1.54, 1.807) is 23.3 Å². The van der Waals surface area contributed by atoms with Crippen molar-refractivity contribution in [2.75, 3.05) is 32.7 Å². The maximum atomic E-state index is 12.0. The topological polar surface area (TPSA) is 66.2 Å². The van der Waals surface area contributed by atoms with Crippen LogP contribution in [0.15, 0.2) is 22.8 Å². The number of aliphatic hydroxyl groups is 1. The fourth-order valence-electron chi connectivity index (χ4n) is 2.25. The predicted molar refractivity (Wildman–Crippen MR) is 77.9 cm³/mol. The van der Waals surface area contributed by atoms with Gasteiger partial charge in [0.2, 0.25) is 0 Å². The van der Waals surface area contributed by atoms with E-state index in [9.17, 15) is 9.90 Å². The predicted octanol–water partition coefficient (Wildman–Crippen LogP) is 1.87. The third-order valence-corrected chi connectivity index (χ3v) is 3.33. The number of carbonyl (C=O) groups is 1. The average Bonchev–Trinajstić information content (AvgIpc) is 2.91. The molecule has 118 valence electrons. The first kappa shape index (κ1) is 15.9. The quantitative estimate of drug-likeness (QED) is 0.922. The summed E-state index contributed by atoms with van der Waals surface area (Å²) in [4.78, 5) is 15.8. The zero-order chi connectivity index (χ0) is 15.5. The van der Waals surface area contributed by atoms with Crippen LogP contribution in [-0.2, 0) is 4.74 Å². The van der Waals surface area contributed by atoms with Crippen molar-refractivity contribution in [2.24, 2.45) is 0 Å².